The smallest absolute Gasteiger partial charge is 0.406 e. The third-order valence-electron chi connectivity index (χ3n) is 6.20. The molecule has 1 saturated heterocycles. The van der Waals surface area contributed by atoms with Gasteiger partial charge in [0, 0.05) is 18.5 Å². The van der Waals surface area contributed by atoms with Crippen molar-refractivity contribution in [1.29, 1.82) is 0 Å². The lowest BCUT2D eigenvalue weighted by Gasteiger charge is -2.23. The van der Waals surface area contributed by atoms with Crippen molar-refractivity contribution in [3.05, 3.63) is 48.2 Å². The number of nitrogens with one attached hydrogen (secondary N) is 2. The van der Waals surface area contributed by atoms with Crippen molar-refractivity contribution in [2.45, 2.75) is 57.3 Å². The lowest BCUT2D eigenvalue weighted by Crippen LogP contribution is -2.46. The summed E-state index contributed by atoms with van der Waals surface area (Å²) in [5, 5.41) is 5.50. The van der Waals surface area contributed by atoms with Gasteiger partial charge in [0.2, 0.25) is 5.91 Å². The quantitative estimate of drug-likeness (QED) is 0.579. The molecule has 2 aliphatic rings. The Morgan fingerprint density at radius 1 is 1.17 bits per heavy atom. The van der Waals surface area contributed by atoms with Crippen molar-refractivity contribution < 1.29 is 32.3 Å². The summed E-state index contributed by atoms with van der Waals surface area (Å²) in [6.07, 6.45) is 1.69. The van der Waals surface area contributed by atoms with Crippen LogP contribution in [0.25, 0.3) is 0 Å². The van der Waals surface area contributed by atoms with E-state index in [-0.39, 0.29) is 23.9 Å². The van der Waals surface area contributed by atoms with E-state index in [1.165, 1.54) is 18.3 Å². The molecule has 35 heavy (non-hydrogen) atoms. The first-order valence-corrected chi connectivity index (χ1v) is 11.3. The maximum Gasteiger partial charge on any atom is 0.573 e. The summed E-state index contributed by atoms with van der Waals surface area (Å²) in [6, 6.07) is 7.13. The number of carbonyl (C=O) groups excluding carboxylic acids is 3. The second-order valence-corrected chi connectivity index (χ2v) is 8.99. The van der Waals surface area contributed by atoms with E-state index in [2.05, 4.69) is 20.4 Å². The Bertz CT molecular complexity index is 1120. The lowest BCUT2D eigenvalue weighted by atomic mass is 9.88. The minimum atomic E-state index is -4.85. The molecule has 1 aromatic heterocycles. The Morgan fingerprint density at radius 2 is 1.86 bits per heavy atom. The van der Waals surface area contributed by atoms with E-state index >= 15 is 0 Å². The molecule has 0 bridgehead atoms. The van der Waals surface area contributed by atoms with Crippen molar-refractivity contribution in [2.24, 2.45) is 5.92 Å². The number of imide groups is 1. The number of urea groups is 1. The summed E-state index contributed by atoms with van der Waals surface area (Å²) in [5.74, 6) is -0.762. The van der Waals surface area contributed by atoms with Gasteiger partial charge in [-0.1, -0.05) is 19.3 Å². The van der Waals surface area contributed by atoms with Crippen molar-refractivity contribution in [2.75, 3.05) is 10.2 Å². The van der Waals surface area contributed by atoms with E-state index in [1.807, 2.05) is 0 Å². The van der Waals surface area contributed by atoms with Gasteiger partial charge < -0.3 is 15.4 Å². The number of rotatable bonds is 6. The van der Waals surface area contributed by atoms with Gasteiger partial charge in [-0.05, 0) is 61.7 Å². The predicted octanol–water partition coefficient (Wildman–Crippen LogP) is 4.56. The Balaban J connectivity index is 1.45. The van der Waals surface area contributed by atoms with Crippen LogP contribution < -0.4 is 20.3 Å². The SMILES string of the molecule is CC1(Cc2ccnc(NC(=O)C3CCCCC3)c2)NC(=O)N(c2ccc(OC(F)(F)F)cc2)C1=O. The van der Waals surface area contributed by atoms with Crippen LogP contribution in [-0.2, 0) is 16.0 Å². The summed E-state index contributed by atoms with van der Waals surface area (Å²) in [4.78, 5) is 43.4. The van der Waals surface area contributed by atoms with E-state index in [4.69, 9.17) is 0 Å². The Morgan fingerprint density at radius 3 is 2.51 bits per heavy atom. The van der Waals surface area contributed by atoms with Gasteiger partial charge in [-0.25, -0.2) is 14.7 Å². The number of amides is 4. The molecular weight excluding hydrogens is 465 g/mol. The van der Waals surface area contributed by atoms with Crippen LogP contribution in [0.1, 0.15) is 44.6 Å². The topological polar surface area (TPSA) is 101 Å². The fraction of sp³-hybridized carbons (Fsp3) is 0.417. The monoisotopic (exact) mass is 490 g/mol. The number of anilines is 2. The van der Waals surface area contributed by atoms with Crippen LogP contribution in [0.2, 0.25) is 0 Å². The molecule has 2 N–H and O–H groups in total. The zero-order valence-electron chi connectivity index (χ0n) is 19.0. The van der Waals surface area contributed by atoms with E-state index in [0.29, 0.717) is 11.4 Å². The van der Waals surface area contributed by atoms with Crippen LogP contribution in [0.5, 0.6) is 5.75 Å². The molecular formula is C24H25F3N4O4. The predicted molar refractivity (Wildman–Crippen MR) is 121 cm³/mol. The van der Waals surface area contributed by atoms with Crippen LogP contribution >= 0.6 is 0 Å². The maximum absolute atomic E-state index is 13.2. The van der Waals surface area contributed by atoms with Crippen LogP contribution in [0.15, 0.2) is 42.6 Å². The van der Waals surface area contributed by atoms with Gasteiger partial charge in [0.1, 0.15) is 17.1 Å². The zero-order valence-corrected chi connectivity index (χ0v) is 19.0. The van der Waals surface area contributed by atoms with Gasteiger partial charge in [-0.15, -0.1) is 13.2 Å². The summed E-state index contributed by atoms with van der Waals surface area (Å²) in [7, 11) is 0. The number of aromatic nitrogens is 1. The fourth-order valence-corrected chi connectivity index (χ4v) is 4.49. The average Bonchev–Trinajstić information content (AvgIpc) is 3.02. The second-order valence-electron chi connectivity index (χ2n) is 8.99. The number of hydrogen-bond acceptors (Lipinski definition) is 5. The largest absolute Gasteiger partial charge is 0.573 e. The molecule has 0 radical (unpaired) electrons. The highest BCUT2D eigenvalue weighted by Crippen LogP contribution is 2.31. The molecule has 1 aliphatic heterocycles. The van der Waals surface area contributed by atoms with Crippen LogP contribution in [-0.4, -0.2) is 34.7 Å². The summed E-state index contributed by atoms with van der Waals surface area (Å²) in [5.41, 5.74) is -0.517. The number of benzene rings is 1. The molecule has 0 spiro atoms. The van der Waals surface area contributed by atoms with Crippen molar-refractivity contribution in [3.63, 3.8) is 0 Å². The molecule has 186 valence electrons. The highest BCUT2D eigenvalue weighted by molar-refractivity contribution is 6.23. The molecule has 1 aromatic carbocycles. The van der Waals surface area contributed by atoms with Gasteiger partial charge in [-0.3, -0.25) is 9.59 Å². The van der Waals surface area contributed by atoms with Gasteiger partial charge in [0.05, 0.1) is 5.69 Å². The summed E-state index contributed by atoms with van der Waals surface area (Å²) < 4.78 is 41.0. The minimum absolute atomic E-state index is 0.0381. The van der Waals surface area contributed by atoms with Gasteiger partial charge in [0.15, 0.2) is 0 Å². The number of ether oxygens (including phenoxy) is 1. The van der Waals surface area contributed by atoms with E-state index < -0.39 is 29.6 Å². The van der Waals surface area contributed by atoms with Gasteiger partial charge in [-0.2, -0.15) is 0 Å². The maximum atomic E-state index is 13.2. The van der Waals surface area contributed by atoms with Crippen molar-refractivity contribution in [3.8, 4) is 5.75 Å². The summed E-state index contributed by atoms with van der Waals surface area (Å²) in [6.45, 7) is 1.56. The number of pyridine rings is 1. The Labute approximate surface area is 199 Å². The molecule has 1 atom stereocenters. The lowest BCUT2D eigenvalue weighted by molar-refractivity contribution is -0.274. The van der Waals surface area contributed by atoms with Crippen LogP contribution in [0.3, 0.4) is 0 Å². The molecule has 1 aliphatic carbocycles. The highest BCUT2D eigenvalue weighted by atomic mass is 19.4. The molecule has 11 heteroatoms. The van der Waals surface area contributed by atoms with Crippen molar-refractivity contribution >= 4 is 29.4 Å². The third-order valence-corrected chi connectivity index (χ3v) is 6.20. The number of hydrogen-bond donors (Lipinski definition) is 2. The number of halogens is 3. The molecule has 2 aromatic rings. The second kappa shape index (κ2) is 9.55. The highest BCUT2D eigenvalue weighted by Gasteiger charge is 2.48. The molecule has 4 amide bonds. The first-order chi connectivity index (χ1) is 16.5. The van der Waals surface area contributed by atoms with E-state index in [0.717, 1.165) is 49.1 Å². The minimum Gasteiger partial charge on any atom is -0.406 e. The van der Waals surface area contributed by atoms with Crippen LogP contribution in [0.4, 0.5) is 29.5 Å². The first kappa shape index (κ1) is 24.5. The fourth-order valence-electron chi connectivity index (χ4n) is 4.49. The molecule has 2 heterocycles. The summed E-state index contributed by atoms with van der Waals surface area (Å²) >= 11 is 0. The first-order valence-electron chi connectivity index (χ1n) is 11.3. The molecule has 8 nitrogen and oxygen atoms in total. The van der Waals surface area contributed by atoms with Crippen LogP contribution in [0, 0.1) is 5.92 Å². The number of nitrogens with zero attached hydrogens (tertiary/aromatic N) is 2. The molecule has 2 fully saturated rings. The molecule has 1 unspecified atom stereocenters. The number of alkyl halides is 3. The molecule has 1 saturated carbocycles. The Kier molecular flexibility index (Phi) is 6.68. The zero-order chi connectivity index (χ0) is 25.2. The van der Waals surface area contributed by atoms with E-state index in [9.17, 15) is 27.6 Å². The standard InChI is InChI=1S/C24H25F3N4O4/c1-23(14-15-11-12-28-19(13-15)29-20(32)16-5-3-2-4-6-16)21(33)31(22(34)30-23)17-7-9-18(10-8-17)35-24(25,26)27/h7-13,16H,2-6,14H2,1H3,(H,30,34)(H,28,29,32). The van der Waals surface area contributed by atoms with Gasteiger partial charge >= 0.3 is 12.4 Å². The molecule has 4 rings (SSSR count). The average molecular weight is 490 g/mol. The van der Waals surface area contributed by atoms with E-state index in [1.54, 1.807) is 19.1 Å². The third kappa shape index (κ3) is 5.72. The Hall–Kier alpha value is -3.63. The van der Waals surface area contributed by atoms with Gasteiger partial charge in [0.25, 0.3) is 5.91 Å². The normalized spacial score (nSPS) is 21.1. The number of carbonyl (C=O) groups is 3. The van der Waals surface area contributed by atoms with Crippen molar-refractivity contribution in [1.82, 2.24) is 10.3 Å².